The van der Waals surface area contributed by atoms with Crippen LogP contribution in [0.2, 0.25) is 0 Å². The lowest BCUT2D eigenvalue weighted by atomic mass is 10.1. The third-order valence-electron chi connectivity index (χ3n) is 4.41. The number of para-hydroxylation sites is 2. The lowest BCUT2D eigenvalue weighted by Gasteiger charge is -2.24. The summed E-state index contributed by atoms with van der Waals surface area (Å²) in [4.78, 5) is 14.9. The number of amides is 1. The van der Waals surface area contributed by atoms with Crippen LogP contribution in [-0.2, 0) is 4.74 Å². The van der Waals surface area contributed by atoms with Crippen molar-refractivity contribution in [2.75, 3.05) is 24.7 Å². The summed E-state index contributed by atoms with van der Waals surface area (Å²) in [5, 5.41) is 0.943. The van der Waals surface area contributed by atoms with Crippen LogP contribution in [0.15, 0.2) is 65.1 Å². The number of benzene rings is 2. The predicted molar refractivity (Wildman–Crippen MR) is 93.3 cm³/mol. The third-order valence-corrected chi connectivity index (χ3v) is 4.41. The summed E-state index contributed by atoms with van der Waals surface area (Å²) in [7, 11) is 0. The lowest BCUT2D eigenvalue weighted by molar-refractivity contribution is 0.0956. The Morgan fingerprint density at radius 2 is 1.88 bits per heavy atom. The van der Waals surface area contributed by atoms with Crippen molar-refractivity contribution in [2.24, 2.45) is 5.92 Å². The molecule has 0 N–H and O–H groups in total. The van der Waals surface area contributed by atoms with E-state index in [0.717, 1.165) is 29.7 Å². The molecule has 2 heterocycles. The van der Waals surface area contributed by atoms with Crippen molar-refractivity contribution < 1.29 is 13.9 Å². The van der Waals surface area contributed by atoms with Gasteiger partial charge in [-0.15, -0.1) is 0 Å². The first-order chi connectivity index (χ1) is 11.8. The highest BCUT2D eigenvalue weighted by molar-refractivity contribution is 6.06. The van der Waals surface area contributed by atoms with Crippen molar-refractivity contribution in [1.82, 2.24) is 0 Å². The van der Waals surface area contributed by atoms with Crippen LogP contribution in [0.1, 0.15) is 17.0 Å². The Kier molecular flexibility index (Phi) is 4.05. The number of furan rings is 1. The predicted octanol–water partition coefficient (Wildman–Crippen LogP) is 4.12. The van der Waals surface area contributed by atoms with Crippen molar-refractivity contribution in [1.29, 1.82) is 0 Å². The highest BCUT2D eigenvalue weighted by Crippen LogP contribution is 2.25. The van der Waals surface area contributed by atoms with Crippen molar-refractivity contribution in [3.8, 4) is 0 Å². The van der Waals surface area contributed by atoms with Crippen molar-refractivity contribution in [2.45, 2.75) is 6.42 Å². The van der Waals surface area contributed by atoms with Crippen LogP contribution >= 0.6 is 0 Å². The Hall–Kier alpha value is -2.59. The Morgan fingerprint density at radius 3 is 2.62 bits per heavy atom. The van der Waals surface area contributed by atoms with Gasteiger partial charge in [0.2, 0.25) is 0 Å². The molecule has 4 nitrogen and oxygen atoms in total. The summed E-state index contributed by atoms with van der Waals surface area (Å²) in [5.41, 5.74) is 1.62. The van der Waals surface area contributed by atoms with E-state index in [-0.39, 0.29) is 5.91 Å². The molecule has 0 saturated carbocycles. The summed E-state index contributed by atoms with van der Waals surface area (Å²) >= 11 is 0. The van der Waals surface area contributed by atoms with Gasteiger partial charge in [0.25, 0.3) is 5.91 Å². The maximum atomic E-state index is 13.1. The Labute approximate surface area is 140 Å². The van der Waals surface area contributed by atoms with E-state index in [1.54, 1.807) is 4.90 Å². The average molecular weight is 321 g/mol. The fraction of sp³-hybridized carbons (Fsp3) is 0.250. The van der Waals surface area contributed by atoms with Crippen LogP contribution in [-0.4, -0.2) is 25.7 Å². The minimum absolute atomic E-state index is 0.107. The van der Waals surface area contributed by atoms with Crippen LogP contribution < -0.4 is 4.90 Å². The molecular weight excluding hydrogens is 302 g/mol. The largest absolute Gasteiger partial charge is 0.451 e. The zero-order valence-corrected chi connectivity index (χ0v) is 13.4. The first kappa shape index (κ1) is 15.0. The summed E-state index contributed by atoms with van der Waals surface area (Å²) in [6.45, 7) is 2.11. The smallest absolute Gasteiger partial charge is 0.294 e. The maximum absolute atomic E-state index is 13.1. The molecule has 1 aliphatic heterocycles. The summed E-state index contributed by atoms with van der Waals surface area (Å²) in [5.74, 6) is 0.627. The molecule has 0 radical (unpaired) electrons. The van der Waals surface area contributed by atoms with E-state index in [2.05, 4.69) is 0 Å². The van der Waals surface area contributed by atoms with Crippen LogP contribution in [0.5, 0.6) is 0 Å². The molecule has 0 aliphatic carbocycles. The van der Waals surface area contributed by atoms with Gasteiger partial charge in [-0.1, -0.05) is 36.4 Å². The zero-order valence-electron chi connectivity index (χ0n) is 13.4. The average Bonchev–Trinajstić information content (AvgIpc) is 3.29. The van der Waals surface area contributed by atoms with Gasteiger partial charge >= 0.3 is 0 Å². The molecule has 1 saturated heterocycles. The lowest BCUT2D eigenvalue weighted by Crippen LogP contribution is -2.35. The molecule has 122 valence electrons. The molecule has 0 spiro atoms. The maximum Gasteiger partial charge on any atom is 0.294 e. The van der Waals surface area contributed by atoms with Crippen molar-refractivity contribution >= 4 is 22.6 Å². The molecule has 0 bridgehead atoms. The molecule has 24 heavy (non-hydrogen) atoms. The monoisotopic (exact) mass is 321 g/mol. The molecule has 1 amide bonds. The zero-order chi connectivity index (χ0) is 16.4. The van der Waals surface area contributed by atoms with Crippen LogP contribution in [0.25, 0.3) is 11.0 Å². The number of nitrogens with zero attached hydrogens (tertiary/aromatic N) is 1. The molecule has 1 atom stereocenters. The van der Waals surface area contributed by atoms with Gasteiger partial charge in [0.15, 0.2) is 5.76 Å². The molecule has 4 heteroatoms. The second-order valence-corrected chi connectivity index (χ2v) is 6.13. The van der Waals surface area contributed by atoms with E-state index in [1.165, 1.54) is 0 Å². The standard InChI is InChI=1S/C20H19NO3/c22-20(19-12-16-6-4-5-9-18(16)24-19)21(13-15-10-11-23-14-15)17-7-2-1-3-8-17/h1-9,12,15H,10-11,13-14H2/t15-/m1/s1. The van der Waals surface area contributed by atoms with Crippen LogP contribution in [0.4, 0.5) is 5.69 Å². The van der Waals surface area contributed by atoms with E-state index in [4.69, 9.17) is 9.15 Å². The second kappa shape index (κ2) is 6.49. The molecule has 2 aromatic carbocycles. The van der Waals surface area contributed by atoms with Crippen LogP contribution in [0, 0.1) is 5.92 Å². The van der Waals surface area contributed by atoms with Crippen LogP contribution in [0.3, 0.4) is 0 Å². The van der Waals surface area contributed by atoms with Gasteiger partial charge in [-0.25, -0.2) is 0 Å². The first-order valence-corrected chi connectivity index (χ1v) is 8.24. The highest BCUT2D eigenvalue weighted by atomic mass is 16.5. The van der Waals surface area contributed by atoms with Gasteiger partial charge in [0.1, 0.15) is 5.58 Å². The number of hydrogen-bond donors (Lipinski definition) is 0. The number of ether oxygens (including phenoxy) is 1. The van der Waals surface area contributed by atoms with Gasteiger partial charge in [-0.3, -0.25) is 4.79 Å². The minimum atomic E-state index is -0.107. The van der Waals surface area contributed by atoms with E-state index in [9.17, 15) is 4.79 Å². The van der Waals surface area contributed by atoms with Crippen molar-refractivity contribution in [3.63, 3.8) is 0 Å². The number of anilines is 1. The third kappa shape index (κ3) is 2.93. The van der Waals surface area contributed by atoms with Gasteiger partial charge in [-0.2, -0.15) is 0 Å². The molecule has 1 aromatic heterocycles. The molecule has 1 fully saturated rings. The summed E-state index contributed by atoms with van der Waals surface area (Å²) in [6.07, 6.45) is 0.983. The molecule has 4 rings (SSSR count). The van der Waals surface area contributed by atoms with E-state index >= 15 is 0 Å². The molecule has 3 aromatic rings. The van der Waals surface area contributed by atoms with Gasteiger partial charge in [0.05, 0.1) is 6.61 Å². The number of carbonyl (C=O) groups excluding carboxylic acids is 1. The quantitative estimate of drug-likeness (QED) is 0.726. The van der Waals surface area contributed by atoms with E-state index in [0.29, 0.717) is 24.8 Å². The summed E-state index contributed by atoms with van der Waals surface area (Å²) in [6, 6.07) is 19.2. The summed E-state index contributed by atoms with van der Waals surface area (Å²) < 4.78 is 11.2. The Morgan fingerprint density at radius 1 is 1.08 bits per heavy atom. The van der Waals surface area contributed by atoms with Gasteiger partial charge in [-0.05, 0) is 30.7 Å². The minimum Gasteiger partial charge on any atom is -0.451 e. The Balaban J connectivity index is 1.67. The number of fused-ring (bicyclic) bond motifs is 1. The van der Waals surface area contributed by atoms with E-state index in [1.807, 2.05) is 60.7 Å². The fourth-order valence-electron chi connectivity index (χ4n) is 3.12. The Bertz CT molecular complexity index is 801. The fourth-order valence-corrected chi connectivity index (χ4v) is 3.12. The highest BCUT2D eigenvalue weighted by Gasteiger charge is 2.26. The first-order valence-electron chi connectivity index (χ1n) is 8.24. The second-order valence-electron chi connectivity index (χ2n) is 6.13. The molecule has 1 aliphatic rings. The van der Waals surface area contributed by atoms with E-state index < -0.39 is 0 Å². The normalized spacial score (nSPS) is 17.2. The number of carbonyl (C=O) groups is 1. The number of hydrogen-bond acceptors (Lipinski definition) is 3. The topological polar surface area (TPSA) is 42.7 Å². The van der Waals surface area contributed by atoms with Gasteiger partial charge in [0, 0.05) is 30.1 Å². The SMILES string of the molecule is O=C(c1cc2ccccc2o1)N(C[C@H]1CCOC1)c1ccccc1. The number of rotatable bonds is 4. The molecular formula is C20H19NO3. The van der Waals surface area contributed by atoms with Crippen molar-refractivity contribution in [3.05, 3.63) is 66.4 Å². The molecule has 0 unspecified atom stereocenters. The van der Waals surface area contributed by atoms with Gasteiger partial charge < -0.3 is 14.1 Å².